The number of aliphatic hydroxyl groups is 1. The average molecular weight is 444 g/mol. The first-order chi connectivity index (χ1) is 16.1. The molecule has 1 saturated heterocycles. The minimum Gasteiger partial charge on any atom is -0.495 e. The number of amides is 3. The van der Waals surface area contributed by atoms with E-state index in [-0.39, 0.29) is 36.5 Å². The highest BCUT2D eigenvalue weighted by Gasteiger charge is 2.55. The molecular weight excluding hydrogens is 418 g/mol. The Hall–Kier alpha value is -3.84. The van der Waals surface area contributed by atoms with Crippen LogP contribution in [0.5, 0.6) is 5.75 Å². The molecule has 0 bridgehead atoms. The molecule has 0 spiro atoms. The van der Waals surface area contributed by atoms with Crippen molar-refractivity contribution in [3.05, 3.63) is 90.0 Å². The van der Waals surface area contributed by atoms with Crippen LogP contribution in [-0.4, -0.2) is 54.3 Å². The number of nitrogens with one attached hydrogen (secondary N) is 1. The quantitative estimate of drug-likeness (QED) is 0.644. The predicted molar refractivity (Wildman–Crippen MR) is 126 cm³/mol. The number of aliphatic hydroxyl groups excluding tert-OH is 1. The Balaban J connectivity index is 1.48. The molecule has 2 aliphatic heterocycles. The van der Waals surface area contributed by atoms with E-state index < -0.39 is 0 Å². The van der Waals surface area contributed by atoms with E-state index in [4.69, 9.17) is 4.74 Å². The van der Waals surface area contributed by atoms with Crippen molar-refractivity contribution in [2.75, 3.05) is 30.5 Å². The summed E-state index contributed by atoms with van der Waals surface area (Å²) in [6.07, 6.45) is 0. The van der Waals surface area contributed by atoms with Crippen molar-refractivity contribution in [2.45, 2.75) is 18.0 Å². The van der Waals surface area contributed by atoms with Gasteiger partial charge in [-0.1, -0.05) is 48.5 Å². The van der Waals surface area contributed by atoms with Gasteiger partial charge in [0.2, 0.25) is 0 Å². The predicted octanol–water partition coefficient (Wildman–Crippen LogP) is 3.72. The number of fused-ring (bicyclic) bond motifs is 3. The van der Waals surface area contributed by atoms with Crippen molar-refractivity contribution in [2.24, 2.45) is 0 Å². The topological polar surface area (TPSA) is 82.1 Å². The highest BCUT2D eigenvalue weighted by atomic mass is 16.5. The summed E-state index contributed by atoms with van der Waals surface area (Å²) in [5, 5.41) is 13.1. The molecular formula is C26H25N3O4. The van der Waals surface area contributed by atoms with Crippen molar-refractivity contribution in [1.29, 1.82) is 0 Å². The minimum absolute atomic E-state index is 0.0332. The zero-order valence-electron chi connectivity index (χ0n) is 18.2. The number of carbonyl (C=O) groups excluding carboxylic acids is 2. The van der Waals surface area contributed by atoms with Crippen molar-refractivity contribution in [3.63, 3.8) is 0 Å². The minimum atomic E-state index is -0.330. The molecule has 0 unspecified atom stereocenters. The summed E-state index contributed by atoms with van der Waals surface area (Å²) in [7, 11) is 1.56. The molecule has 3 aromatic rings. The normalized spacial score (nSPS) is 20.8. The average Bonchev–Trinajstić information content (AvgIpc) is 2.85. The van der Waals surface area contributed by atoms with Crippen LogP contribution in [0.3, 0.4) is 0 Å². The van der Waals surface area contributed by atoms with Crippen LogP contribution in [0.4, 0.5) is 16.2 Å². The zero-order chi connectivity index (χ0) is 22.9. The van der Waals surface area contributed by atoms with Gasteiger partial charge in [-0.05, 0) is 35.9 Å². The summed E-state index contributed by atoms with van der Waals surface area (Å²) >= 11 is 0. The van der Waals surface area contributed by atoms with Crippen LogP contribution in [0.15, 0.2) is 78.9 Å². The number of benzene rings is 3. The Labute approximate surface area is 192 Å². The first-order valence-electron chi connectivity index (χ1n) is 10.9. The third-order valence-corrected chi connectivity index (χ3v) is 6.54. The second-order valence-corrected chi connectivity index (χ2v) is 8.22. The van der Waals surface area contributed by atoms with E-state index in [0.717, 1.165) is 11.3 Å². The lowest BCUT2D eigenvalue weighted by molar-refractivity contribution is -0.0241. The van der Waals surface area contributed by atoms with Crippen LogP contribution >= 0.6 is 0 Å². The number of ether oxygens (including phenoxy) is 1. The molecule has 33 heavy (non-hydrogen) atoms. The van der Waals surface area contributed by atoms with Crippen molar-refractivity contribution >= 4 is 23.3 Å². The summed E-state index contributed by atoms with van der Waals surface area (Å²) in [5.41, 5.74) is 2.89. The fourth-order valence-corrected chi connectivity index (χ4v) is 5.02. The molecule has 7 nitrogen and oxygen atoms in total. The molecule has 3 aromatic carbocycles. The van der Waals surface area contributed by atoms with E-state index in [1.165, 1.54) is 0 Å². The van der Waals surface area contributed by atoms with Gasteiger partial charge in [-0.3, -0.25) is 9.69 Å². The molecule has 3 atom stereocenters. The Morgan fingerprint density at radius 1 is 1.00 bits per heavy atom. The van der Waals surface area contributed by atoms with Crippen molar-refractivity contribution < 1.29 is 19.4 Å². The lowest BCUT2D eigenvalue weighted by atomic mass is 9.71. The van der Waals surface area contributed by atoms with E-state index in [2.05, 4.69) is 5.32 Å². The van der Waals surface area contributed by atoms with Gasteiger partial charge in [0.05, 0.1) is 31.5 Å². The molecule has 3 amide bonds. The summed E-state index contributed by atoms with van der Waals surface area (Å²) in [4.78, 5) is 30.1. The number of hydrogen-bond donors (Lipinski definition) is 2. The van der Waals surface area contributed by atoms with E-state index >= 15 is 0 Å². The molecule has 2 N–H and O–H groups in total. The summed E-state index contributed by atoms with van der Waals surface area (Å²) < 4.78 is 5.36. The van der Waals surface area contributed by atoms with Gasteiger partial charge in [0.25, 0.3) is 5.91 Å². The smallest absolute Gasteiger partial charge is 0.326 e. The molecule has 5 rings (SSSR count). The van der Waals surface area contributed by atoms with E-state index in [1.807, 2.05) is 54.6 Å². The zero-order valence-corrected chi connectivity index (χ0v) is 18.2. The third kappa shape index (κ3) is 3.50. The first kappa shape index (κ1) is 21.0. The lowest BCUT2D eigenvalue weighted by Gasteiger charge is -2.58. The summed E-state index contributed by atoms with van der Waals surface area (Å²) in [6, 6.07) is 23.1. The molecule has 0 saturated carbocycles. The Kier molecular flexibility index (Phi) is 5.48. The molecule has 2 heterocycles. The standard InChI is InChI=1S/C26H25N3O4/c1-33-23-14-8-6-12-19(23)27-26(32)28-15-21-24(18-11-5-7-13-20(18)28)22(16-30)29(21)25(31)17-9-3-2-4-10-17/h2-14,21-22,24,30H,15-16H2,1H3,(H,27,32)/t21-,22+,24+/m0/s1. The second-order valence-electron chi connectivity index (χ2n) is 8.22. The number of anilines is 2. The maximum atomic E-state index is 13.4. The van der Waals surface area contributed by atoms with Gasteiger partial charge in [-0.25, -0.2) is 4.79 Å². The number of methoxy groups -OCH3 is 1. The Bertz CT molecular complexity index is 1180. The van der Waals surface area contributed by atoms with Gasteiger partial charge in [0.15, 0.2) is 0 Å². The molecule has 2 aliphatic rings. The Morgan fingerprint density at radius 2 is 1.70 bits per heavy atom. The SMILES string of the molecule is COc1ccccc1NC(=O)N1C[C@H]2[C@@H](c3ccccc31)[C@@H](CO)N2C(=O)c1ccccc1. The van der Waals surface area contributed by atoms with E-state index in [1.54, 1.807) is 41.2 Å². The third-order valence-electron chi connectivity index (χ3n) is 6.54. The fraction of sp³-hybridized carbons (Fsp3) is 0.231. The molecule has 0 radical (unpaired) electrons. The fourth-order valence-electron chi connectivity index (χ4n) is 5.02. The molecule has 168 valence electrons. The van der Waals surface area contributed by atoms with Crippen LogP contribution in [-0.2, 0) is 0 Å². The van der Waals surface area contributed by atoms with Crippen LogP contribution in [0.25, 0.3) is 0 Å². The van der Waals surface area contributed by atoms with Crippen LogP contribution < -0.4 is 15.0 Å². The van der Waals surface area contributed by atoms with Crippen LogP contribution in [0, 0.1) is 0 Å². The number of carbonyl (C=O) groups is 2. The highest BCUT2D eigenvalue weighted by molar-refractivity contribution is 6.04. The summed E-state index contributed by atoms with van der Waals surface area (Å²) in [5.74, 6) is 0.397. The molecule has 0 aromatic heterocycles. The van der Waals surface area contributed by atoms with Gasteiger partial charge < -0.3 is 20.1 Å². The lowest BCUT2D eigenvalue weighted by Crippen LogP contribution is -2.71. The van der Waals surface area contributed by atoms with Crippen molar-refractivity contribution in [3.8, 4) is 5.75 Å². The number of urea groups is 1. The van der Waals surface area contributed by atoms with Gasteiger partial charge in [0, 0.05) is 23.7 Å². The first-order valence-corrected chi connectivity index (χ1v) is 10.9. The molecule has 0 aliphatic carbocycles. The van der Waals surface area contributed by atoms with E-state index in [0.29, 0.717) is 23.5 Å². The molecule has 1 fully saturated rings. The van der Waals surface area contributed by atoms with Crippen LogP contribution in [0.2, 0.25) is 0 Å². The maximum Gasteiger partial charge on any atom is 0.326 e. The summed E-state index contributed by atoms with van der Waals surface area (Å²) in [6.45, 7) is 0.194. The van der Waals surface area contributed by atoms with Crippen molar-refractivity contribution in [1.82, 2.24) is 4.90 Å². The number of para-hydroxylation sites is 3. The van der Waals surface area contributed by atoms with Gasteiger partial charge in [-0.15, -0.1) is 0 Å². The van der Waals surface area contributed by atoms with Crippen LogP contribution in [0.1, 0.15) is 21.8 Å². The number of nitrogens with zero attached hydrogens (tertiary/aromatic N) is 2. The largest absolute Gasteiger partial charge is 0.495 e. The monoisotopic (exact) mass is 443 g/mol. The van der Waals surface area contributed by atoms with E-state index in [9.17, 15) is 14.7 Å². The highest BCUT2D eigenvalue weighted by Crippen LogP contribution is 2.48. The number of likely N-dealkylation sites (tertiary alicyclic amines) is 1. The van der Waals surface area contributed by atoms with Gasteiger partial charge >= 0.3 is 6.03 Å². The molecule has 7 heteroatoms. The number of hydrogen-bond acceptors (Lipinski definition) is 4. The van der Waals surface area contributed by atoms with Gasteiger partial charge in [0.1, 0.15) is 5.75 Å². The number of rotatable bonds is 4. The maximum absolute atomic E-state index is 13.4. The van der Waals surface area contributed by atoms with Gasteiger partial charge in [-0.2, -0.15) is 0 Å². The Morgan fingerprint density at radius 3 is 2.45 bits per heavy atom. The second kappa shape index (κ2) is 8.60.